The monoisotopic (exact) mass is 270 g/mol. The van der Waals surface area contributed by atoms with Crippen LogP contribution in [0.4, 0.5) is 4.79 Å². The van der Waals surface area contributed by atoms with Gasteiger partial charge < -0.3 is 0 Å². The Morgan fingerprint density at radius 1 is 1.00 bits per heavy atom. The number of hydrogen-bond acceptors (Lipinski definition) is 3. The number of carbonyl (C=O) groups is 1. The van der Waals surface area contributed by atoms with E-state index in [1.807, 2.05) is 0 Å². The predicted molar refractivity (Wildman–Crippen MR) is 60.1 cm³/mol. The van der Waals surface area contributed by atoms with Gasteiger partial charge in [0.1, 0.15) is 0 Å². The minimum atomic E-state index is 0. The Morgan fingerprint density at radius 3 is 1.69 bits per heavy atom. The molecule has 0 atom stereocenters. The second kappa shape index (κ2) is 13.0. The van der Waals surface area contributed by atoms with Crippen LogP contribution < -0.4 is 0 Å². The number of unbranched alkanes of at least 4 members (excludes halogenated alkanes) is 2. The van der Waals surface area contributed by atoms with E-state index in [-0.39, 0.29) is 19.5 Å². The quantitative estimate of drug-likeness (QED) is 0.533. The maximum absolute atomic E-state index is 11.1. The molecule has 0 fully saturated rings. The molecule has 0 heterocycles. The van der Waals surface area contributed by atoms with Gasteiger partial charge >= 0.3 is 0 Å². The molecule has 0 spiro atoms. The van der Waals surface area contributed by atoms with E-state index < -0.39 is 0 Å². The molecule has 0 saturated carbocycles. The average Bonchev–Trinajstić information content (AvgIpc) is 2.06. The van der Waals surface area contributed by atoms with Crippen LogP contribution in [-0.4, -0.2) is 16.0 Å². The summed E-state index contributed by atoms with van der Waals surface area (Å²) in [5, 5.41) is 0. The second-order valence-corrected chi connectivity index (χ2v) is 5.05. The average molecular weight is 272 g/mol. The van der Waals surface area contributed by atoms with E-state index in [2.05, 4.69) is 13.8 Å². The van der Waals surface area contributed by atoms with Crippen molar-refractivity contribution in [2.75, 3.05) is 11.5 Å². The third-order valence-corrected chi connectivity index (χ3v) is 3.60. The van der Waals surface area contributed by atoms with E-state index in [1.54, 1.807) is 0 Å². The third-order valence-electron chi connectivity index (χ3n) is 1.44. The van der Waals surface area contributed by atoms with Crippen molar-refractivity contribution in [3.63, 3.8) is 0 Å². The SMILES string of the molecule is CCCCSC(=O)SCCCC.[Zn]. The van der Waals surface area contributed by atoms with Gasteiger partial charge in [0.25, 0.3) is 0 Å². The first-order chi connectivity index (χ1) is 5.81. The maximum atomic E-state index is 11.1. The molecule has 13 heavy (non-hydrogen) atoms. The van der Waals surface area contributed by atoms with Crippen molar-refractivity contribution < 1.29 is 24.3 Å². The Bertz CT molecular complexity index is 108. The van der Waals surface area contributed by atoms with Gasteiger partial charge in [-0.1, -0.05) is 50.2 Å². The minimum absolute atomic E-state index is 0. The van der Waals surface area contributed by atoms with Gasteiger partial charge in [0.2, 0.25) is 4.45 Å². The van der Waals surface area contributed by atoms with E-state index >= 15 is 0 Å². The Hall–Kier alpha value is 0.993. The molecule has 1 nitrogen and oxygen atoms in total. The summed E-state index contributed by atoms with van der Waals surface area (Å²) in [5.74, 6) is 1.99. The van der Waals surface area contributed by atoms with Gasteiger partial charge in [0.15, 0.2) is 0 Å². The normalized spacial score (nSPS) is 9.38. The first kappa shape index (κ1) is 16.4. The Kier molecular flexibility index (Phi) is 16.4. The summed E-state index contributed by atoms with van der Waals surface area (Å²) in [4.78, 5) is 11.1. The van der Waals surface area contributed by atoms with Crippen LogP contribution >= 0.6 is 23.5 Å². The first-order valence-electron chi connectivity index (χ1n) is 4.60. The van der Waals surface area contributed by atoms with Crippen LogP contribution in [0, 0.1) is 0 Å². The molecular weight excluding hydrogens is 254 g/mol. The number of hydrogen-bond donors (Lipinski definition) is 0. The van der Waals surface area contributed by atoms with Gasteiger partial charge in [0, 0.05) is 31.0 Å². The summed E-state index contributed by atoms with van der Waals surface area (Å²) in [6, 6.07) is 0. The molecule has 0 bridgehead atoms. The molecule has 0 aliphatic carbocycles. The van der Waals surface area contributed by atoms with Crippen LogP contribution in [-0.2, 0) is 19.5 Å². The largest absolute Gasteiger partial charge is 0.274 e. The van der Waals surface area contributed by atoms with Crippen molar-refractivity contribution >= 4 is 28.0 Å². The van der Waals surface area contributed by atoms with E-state index in [4.69, 9.17) is 0 Å². The van der Waals surface area contributed by atoms with Gasteiger partial charge in [-0.3, -0.25) is 4.79 Å². The zero-order valence-corrected chi connectivity index (χ0v) is 13.3. The molecule has 0 N–H and O–H groups in total. The topological polar surface area (TPSA) is 17.1 Å². The number of carbonyl (C=O) groups excluding carboxylic acids is 1. The standard InChI is InChI=1S/C9H18OS2.Zn/c1-3-5-7-11-9(10)12-8-6-4-2;/h3-8H2,1-2H3;. The van der Waals surface area contributed by atoms with Crippen molar-refractivity contribution in [3.8, 4) is 0 Å². The van der Waals surface area contributed by atoms with E-state index in [9.17, 15) is 4.79 Å². The summed E-state index contributed by atoms with van der Waals surface area (Å²) in [5.41, 5.74) is 0. The summed E-state index contributed by atoms with van der Waals surface area (Å²) in [7, 11) is 0. The summed E-state index contributed by atoms with van der Waals surface area (Å²) in [6.45, 7) is 4.30. The molecule has 0 radical (unpaired) electrons. The molecule has 0 aromatic heterocycles. The van der Waals surface area contributed by atoms with E-state index in [0.29, 0.717) is 4.45 Å². The predicted octanol–water partition coefficient (Wildman–Crippen LogP) is 4.17. The number of rotatable bonds is 6. The van der Waals surface area contributed by atoms with E-state index in [1.165, 1.54) is 36.4 Å². The fourth-order valence-electron chi connectivity index (χ4n) is 0.641. The van der Waals surface area contributed by atoms with Crippen molar-refractivity contribution in [3.05, 3.63) is 0 Å². The number of thioether (sulfide) groups is 2. The Morgan fingerprint density at radius 2 is 1.38 bits per heavy atom. The van der Waals surface area contributed by atoms with Gasteiger partial charge in [0.05, 0.1) is 0 Å². The zero-order valence-electron chi connectivity index (χ0n) is 8.67. The van der Waals surface area contributed by atoms with Crippen LogP contribution in [0.2, 0.25) is 0 Å². The molecule has 74 valence electrons. The van der Waals surface area contributed by atoms with Crippen molar-refractivity contribution in [2.24, 2.45) is 0 Å². The van der Waals surface area contributed by atoms with E-state index in [0.717, 1.165) is 24.3 Å². The molecule has 0 aliphatic heterocycles. The van der Waals surface area contributed by atoms with Crippen molar-refractivity contribution in [2.45, 2.75) is 39.5 Å². The fraction of sp³-hybridized carbons (Fsp3) is 0.889. The smallest absolute Gasteiger partial charge is 0.246 e. The summed E-state index contributed by atoms with van der Waals surface area (Å²) < 4.78 is 0.303. The molecule has 0 aromatic carbocycles. The summed E-state index contributed by atoms with van der Waals surface area (Å²) in [6.07, 6.45) is 4.68. The van der Waals surface area contributed by atoms with Crippen LogP contribution in [0.5, 0.6) is 0 Å². The first-order valence-corrected chi connectivity index (χ1v) is 6.58. The van der Waals surface area contributed by atoms with Crippen LogP contribution in [0.1, 0.15) is 39.5 Å². The van der Waals surface area contributed by atoms with Gasteiger partial charge in [-0.05, 0) is 12.8 Å². The van der Waals surface area contributed by atoms with Gasteiger partial charge in [-0.15, -0.1) is 0 Å². The Balaban J connectivity index is 0. The third kappa shape index (κ3) is 13.0. The molecular formula is C9H18OS2Zn. The molecule has 0 amide bonds. The fourth-order valence-corrected chi connectivity index (χ4v) is 2.67. The molecule has 0 saturated heterocycles. The molecule has 0 rings (SSSR count). The molecule has 4 heteroatoms. The summed E-state index contributed by atoms with van der Waals surface area (Å²) >= 11 is 2.95. The molecule has 0 aromatic rings. The van der Waals surface area contributed by atoms with Crippen molar-refractivity contribution in [1.29, 1.82) is 0 Å². The van der Waals surface area contributed by atoms with Crippen LogP contribution in [0.3, 0.4) is 0 Å². The van der Waals surface area contributed by atoms with Crippen molar-refractivity contribution in [1.82, 2.24) is 0 Å². The second-order valence-electron chi connectivity index (χ2n) is 2.65. The molecule has 0 unspecified atom stereocenters. The Labute approximate surface area is 103 Å². The maximum Gasteiger partial charge on any atom is 0.246 e. The minimum Gasteiger partial charge on any atom is -0.274 e. The van der Waals surface area contributed by atoms with Gasteiger partial charge in [-0.2, -0.15) is 0 Å². The zero-order chi connectivity index (χ0) is 9.23. The van der Waals surface area contributed by atoms with Crippen LogP contribution in [0.25, 0.3) is 0 Å². The van der Waals surface area contributed by atoms with Crippen LogP contribution in [0.15, 0.2) is 0 Å². The molecule has 0 aliphatic rings. The van der Waals surface area contributed by atoms with Gasteiger partial charge in [-0.25, -0.2) is 0 Å².